The molecule has 11 heavy (non-hydrogen) atoms. The third kappa shape index (κ3) is 1.94. The van der Waals surface area contributed by atoms with Gasteiger partial charge in [-0.3, -0.25) is 0 Å². The molecule has 0 radical (unpaired) electrons. The predicted molar refractivity (Wildman–Crippen MR) is 46.3 cm³/mol. The maximum absolute atomic E-state index is 9.97. The Labute approximate surface area is 68.8 Å². The number of hydrogen-bond donors (Lipinski definition) is 2. The summed E-state index contributed by atoms with van der Waals surface area (Å²) in [6.07, 6.45) is 6.14. The molecule has 1 aliphatic carbocycles. The van der Waals surface area contributed by atoms with Crippen LogP contribution in [0.1, 0.15) is 45.4 Å². The van der Waals surface area contributed by atoms with E-state index in [0.29, 0.717) is 0 Å². The first-order valence-corrected chi connectivity index (χ1v) is 4.67. The highest BCUT2D eigenvalue weighted by Gasteiger charge is 2.36. The van der Waals surface area contributed by atoms with E-state index < -0.39 is 5.60 Å². The lowest BCUT2D eigenvalue weighted by atomic mass is 9.90. The molecule has 0 heterocycles. The molecule has 0 aliphatic heterocycles. The number of rotatable bonds is 3. The van der Waals surface area contributed by atoms with Crippen LogP contribution < -0.4 is 5.73 Å². The van der Waals surface area contributed by atoms with E-state index in [2.05, 4.69) is 6.92 Å². The molecule has 0 aromatic rings. The van der Waals surface area contributed by atoms with Crippen LogP contribution in [0.5, 0.6) is 0 Å². The van der Waals surface area contributed by atoms with Crippen LogP contribution in [-0.4, -0.2) is 16.7 Å². The van der Waals surface area contributed by atoms with Crippen LogP contribution in [0.2, 0.25) is 0 Å². The summed E-state index contributed by atoms with van der Waals surface area (Å²) in [5, 5.41) is 9.97. The van der Waals surface area contributed by atoms with Crippen LogP contribution in [-0.2, 0) is 0 Å². The molecular weight excluding hydrogens is 138 g/mol. The molecule has 0 aromatic carbocycles. The van der Waals surface area contributed by atoms with Crippen molar-refractivity contribution in [1.29, 1.82) is 0 Å². The zero-order valence-corrected chi connectivity index (χ0v) is 7.34. The summed E-state index contributed by atoms with van der Waals surface area (Å²) >= 11 is 0. The number of aliphatic hydroxyl groups is 1. The highest BCUT2D eigenvalue weighted by molar-refractivity contribution is 4.92. The Morgan fingerprint density at radius 3 is 2.45 bits per heavy atom. The van der Waals surface area contributed by atoms with Crippen molar-refractivity contribution in [1.82, 2.24) is 0 Å². The van der Waals surface area contributed by atoms with Gasteiger partial charge in [-0.05, 0) is 19.3 Å². The van der Waals surface area contributed by atoms with E-state index in [-0.39, 0.29) is 6.04 Å². The molecule has 3 N–H and O–H groups in total. The fourth-order valence-corrected chi connectivity index (χ4v) is 1.94. The molecule has 66 valence electrons. The summed E-state index contributed by atoms with van der Waals surface area (Å²) < 4.78 is 0. The molecule has 1 atom stereocenters. The molecule has 2 nitrogen and oxygen atoms in total. The van der Waals surface area contributed by atoms with Crippen molar-refractivity contribution in [2.24, 2.45) is 5.73 Å². The van der Waals surface area contributed by atoms with E-state index >= 15 is 0 Å². The summed E-state index contributed by atoms with van der Waals surface area (Å²) in [6.45, 7) is 2.11. The minimum Gasteiger partial charge on any atom is -0.388 e. The fraction of sp³-hybridized carbons (Fsp3) is 1.00. The van der Waals surface area contributed by atoms with Crippen LogP contribution in [0.4, 0.5) is 0 Å². The maximum atomic E-state index is 9.97. The highest BCUT2D eigenvalue weighted by Crippen LogP contribution is 2.32. The predicted octanol–water partition coefficient (Wildman–Crippen LogP) is 1.42. The number of nitrogens with two attached hydrogens (primary N) is 1. The van der Waals surface area contributed by atoms with Gasteiger partial charge >= 0.3 is 0 Å². The first-order valence-electron chi connectivity index (χ1n) is 4.67. The second-order valence-electron chi connectivity index (χ2n) is 3.71. The Morgan fingerprint density at radius 1 is 1.45 bits per heavy atom. The first-order chi connectivity index (χ1) is 5.19. The van der Waals surface area contributed by atoms with E-state index in [9.17, 15) is 5.11 Å². The van der Waals surface area contributed by atoms with Crippen molar-refractivity contribution in [3.63, 3.8) is 0 Å². The molecule has 0 saturated heterocycles. The van der Waals surface area contributed by atoms with Gasteiger partial charge in [-0.25, -0.2) is 0 Å². The lowest BCUT2D eigenvalue weighted by Crippen LogP contribution is -2.45. The topological polar surface area (TPSA) is 46.2 Å². The van der Waals surface area contributed by atoms with E-state index in [0.717, 1.165) is 38.5 Å². The highest BCUT2D eigenvalue weighted by atomic mass is 16.3. The SMILES string of the molecule is CCCC(N)C1(O)CCCC1. The first kappa shape index (κ1) is 9.01. The molecule has 1 aliphatic rings. The Morgan fingerprint density at radius 2 is 2.00 bits per heavy atom. The van der Waals surface area contributed by atoms with Gasteiger partial charge in [0.05, 0.1) is 5.60 Å². The second kappa shape index (κ2) is 3.55. The lowest BCUT2D eigenvalue weighted by Gasteiger charge is -2.29. The molecule has 1 unspecified atom stereocenters. The van der Waals surface area contributed by atoms with Gasteiger partial charge in [-0.2, -0.15) is 0 Å². The molecule has 0 aromatic heterocycles. The van der Waals surface area contributed by atoms with E-state index in [4.69, 9.17) is 5.73 Å². The van der Waals surface area contributed by atoms with Crippen molar-refractivity contribution >= 4 is 0 Å². The molecule has 1 fully saturated rings. The van der Waals surface area contributed by atoms with Gasteiger partial charge in [-0.1, -0.05) is 26.2 Å². The number of hydrogen-bond acceptors (Lipinski definition) is 2. The lowest BCUT2D eigenvalue weighted by molar-refractivity contribution is 0.0182. The Bertz CT molecular complexity index is 119. The van der Waals surface area contributed by atoms with Gasteiger partial charge in [0.1, 0.15) is 0 Å². The average Bonchev–Trinajstić information content (AvgIpc) is 2.38. The monoisotopic (exact) mass is 157 g/mol. The van der Waals surface area contributed by atoms with Crippen LogP contribution in [0.15, 0.2) is 0 Å². The minimum absolute atomic E-state index is 0.00926. The van der Waals surface area contributed by atoms with Crippen LogP contribution in [0.3, 0.4) is 0 Å². The van der Waals surface area contributed by atoms with Crippen molar-refractivity contribution in [3.8, 4) is 0 Å². The van der Waals surface area contributed by atoms with Gasteiger partial charge in [-0.15, -0.1) is 0 Å². The van der Waals surface area contributed by atoms with Crippen molar-refractivity contribution < 1.29 is 5.11 Å². The summed E-state index contributed by atoms with van der Waals surface area (Å²) in [4.78, 5) is 0. The van der Waals surface area contributed by atoms with Crippen molar-refractivity contribution in [2.45, 2.75) is 57.1 Å². The van der Waals surface area contributed by atoms with Crippen molar-refractivity contribution in [2.75, 3.05) is 0 Å². The zero-order valence-electron chi connectivity index (χ0n) is 7.34. The van der Waals surface area contributed by atoms with E-state index in [1.807, 2.05) is 0 Å². The van der Waals surface area contributed by atoms with Crippen LogP contribution in [0.25, 0.3) is 0 Å². The summed E-state index contributed by atoms with van der Waals surface area (Å²) in [5.41, 5.74) is 5.36. The molecule has 0 amide bonds. The van der Waals surface area contributed by atoms with Crippen molar-refractivity contribution in [3.05, 3.63) is 0 Å². The minimum atomic E-state index is -0.518. The fourth-order valence-electron chi connectivity index (χ4n) is 1.94. The molecule has 2 heteroatoms. The Balaban J connectivity index is 2.42. The van der Waals surface area contributed by atoms with Gasteiger partial charge in [0.2, 0.25) is 0 Å². The Hall–Kier alpha value is -0.0800. The van der Waals surface area contributed by atoms with Gasteiger partial charge < -0.3 is 10.8 Å². The molecule has 0 bridgehead atoms. The van der Waals surface area contributed by atoms with Crippen LogP contribution >= 0.6 is 0 Å². The van der Waals surface area contributed by atoms with Gasteiger partial charge in [0.25, 0.3) is 0 Å². The zero-order chi connectivity index (χ0) is 8.32. The molecule has 0 spiro atoms. The average molecular weight is 157 g/mol. The smallest absolute Gasteiger partial charge is 0.0797 e. The van der Waals surface area contributed by atoms with E-state index in [1.165, 1.54) is 0 Å². The molecule has 1 saturated carbocycles. The summed E-state index contributed by atoms with van der Waals surface area (Å²) in [5.74, 6) is 0. The largest absolute Gasteiger partial charge is 0.388 e. The quantitative estimate of drug-likeness (QED) is 0.651. The van der Waals surface area contributed by atoms with E-state index in [1.54, 1.807) is 0 Å². The van der Waals surface area contributed by atoms with Gasteiger partial charge in [0, 0.05) is 6.04 Å². The summed E-state index contributed by atoms with van der Waals surface area (Å²) in [7, 11) is 0. The maximum Gasteiger partial charge on any atom is 0.0797 e. The van der Waals surface area contributed by atoms with Gasteiger partial charge in [0.15, 0.2) is 0 Å². The Kier molecular flexibility index (Phi) is 2.90. The molecular formula is C9H19NO. The third-order valence-corrected chi connectivity index (χ3v) is 2.76. The molecule has 1 rings (SSSR count). The summed E-state index contributed by atoms with van der Waals surface area (Å²) in [6, 6.07) is 0.00926. The third-order valence-electron chi connectivity index (χ3n) is 2.76. The standard InChI is InChI=1S/C9H19NO/c1-2-5-8(10)9(11)6-3-4-7-9/h8,11H,2-7,10H2,1H3. The van der Waals surface area contributed by atoms with Crippen LogP contribution in [0, 0.1) is 0 Å². The normalized spacial score (nSPS) is 25.4. The second-order valence-corrected chi connectivity index (χ2v) is 3.71.